The first-order valence-corrected chi connectivity index (χ1v) is 15.5. The maximum absolute atomic E-state index is 14.6. The fourth-order valence-electron chi connectivity index (χ4n) is 4.66. The van der Waals surface area contributed by atoms with Crippen LogP contribution in [-0.4, -0.2) is 32.1 Å². The van der Waals surface area contributed by atoms with Crippen LogP contribution in [0.2, 0.25) is 10.0 Å². The van der Waals surface area contributed by atoms with Crippen LogP contribution < -0.4 is 16.5 Å². The van der Waals surface area contributed by atoms with Crippen molar-refractivity contribution in [1.82, 2.24) is 20.0 Å². The number of carbonyl (C=O) groups excluding carboxylic acids is 1. The van der Waals surface area contributed by atoms with Crippen LogP contribution in [0.3, 0.4) is 0 Å². The van der Waals surface area contributed by atoms with Crippen molar-refractivity contribution in [3.63, 3.8) is 0 Å². The largest absolute Gasteiger partial charge is 0.399 e. The van der Waals surface area contributed by atoms with Crippen LogP contribution in [-0.2, 0) is 17.8 Å². The molecule has 3 aromatic carbocycles. The monoisotopic (exact) mass is 647 g/mol. The Kier molecular flexibility index (Phi) is 11.8. The van der Waals surface area contributed by atoms with Gasteiger partial charge < -0.3 is 15.6 Å². The number of aromatic nitrogens is 2. The molecule has 0 saturated carbocycles. The molecule has 2 atom stereocenters. The Hall–Kier alpha value is -3.94. The van der Waals surface area contributed by atoms with Crippen LogP contribution in [0.5, 0.6) is 0 Å². The van der Waals surface area contributed by atoms with Crippen LogP contribution in [0.1, 0.15) is 55.0 Å². The van der Waals surface area contributed by atoms with Gasteiger partial charge in [0.25, 0.3) is 5.91 Å². The Labute approximate surface area is 273 Å². The number of imidazole rings is 1. The number of nitrogens with two attached hydrogens (primary N) is 1. The van der Waals surface area contributed by atoms with Gasteiger partial charge >= 0.3 is 0 Å². The fraction of sp³-hybridized carbons (Fsp3) is 0.273. The van der Waals surface area contributed by atoms with Crippen molar-refractivity contribution in [1.29, 1.82) is 5.26 Å². The number of halogens is 2. The van der Waals surface area contributed by atoms with Crippen LogP contribution in [0.25, 0.3) is 0 Å². The summed E-state index contributed by atoms with van der Waals surface area (Å²) in [5, 5.41) is 14.8. The second-order valence-corrected chi connectivity index (χ2v) is 11.8. The van der Waals surface area contributed by atoms with E-state index in [0.29, 0.717) is 51.7 Å². The molecule has 0 aliphatic heterocycles. The molecule has 0 fully saturated rings. The van der Waals surface area contributed by atoms with Crippen molar-refractivity contribution in [2.45, 2.75) is 45.6 Å². The molecule has 44 heavy (non-hydrogen) atoms. The summed E-state index contributed by atoms with van der Waals surface area (Å²) < 4.78 is 1.93. The summed E-state index contributed by atoms with van der Waals surface area (Å²) >= 11 is 18.8. The second-order valence-electron chi connectivity index (χ2n) is 10.7. The van der Waals surface area contributed by atoms with Crippen molar-refractivity contribution in [3.8, 4) is 6.07 Å². The predicted molar refractivity (Wildman–Crippen MR) is 181 cm³/mol. The summed E-state index contributed by atoms with van der Waals surface area (Å²) in [6.45, 7) is 5.30. The lowest BCUT2D eigenvalue weighted by molar-refractivity contribution is -0.131. The number of nitriles is 1. The molecule has 1 amide bonds. The van der Waals surface area contributed by atoms with E-state index in [1.54, 1.807) is 55.0 Å². The Balaban J connectivity index is 1.71. The normalized spacial score (nSPS) is 12.2. The van der Waals surface area contributed by atoms with Gasteiger partial charge in [0.05, 0.1) is 39.6 Å². The van der Waals surface area contributed by atoms with E-state index in [-0.39, 0.29) is 17.4 Å². The zero-order chi connectivity index (χ0) is 31.6. The lowest BCUT2D eigenvalue weighted by Gasteiger charge is -2.29. The molecule has 11 heteroatoms. The maximum atomic E-state index is 14.6. The molecular formula is C33H35Cl2N7OS. The number of anilines is 2. The van der Waals surface area contributed by atoms with Gasteiger partial charge in [0, 0.05) is 30.7 Å². The SMILES string of the molecule is CC[C@H](C)CCNN(C(=O)C(Cc1cccc(Cl)c1Cl)c1cncn1Cc1ccc(C#N)cc1)C(=S)Nc1ccc(N)cc1. The first-order valence-electron chi connectivity index (χ1n) is 14.4. The highest BCUT2D eigenvalue weighted by Crippen LogP contribution is 2.31. The van der Waals surface area contributed by atoms with Gasteiger partial charge in [0.15, 0.2) is 5.11 Å². The van der Waals surface area contributed by atoms with E-state index in [1.807, 2.05) is 28.8 Å². The molecule has 4 aromatic rings. The van der Waals surface area contributed by atoms with Crippen LogP contribution >= 0.6 is 35.4 Å². The van der Waals surface area contributed by atoms with Gasteiger partial charge in [0.1, 0.15) is 0 Å². The molecule has 0 spiro atoms. The molecule has 8 nitrogen and oxygen atoms in total. The van der Waals surface area contributed by atoms with E-state index in [2.05, 4.69) is 35.6 Å². The van der Waals surface area contributed by atoms with Gasteiger partial charge in [-0.15, -0.1) is 0 Å². The molecule has 0 aliphatic rings. The zero-order valence-corrected chi connectivity index (χ0v) is 27.0. The molecular weight excluding hydrogens is 613 g/mol. The molecule has 0 bridgehead atoms. The quantitative estimate of drug-likeness (QED) is 0.0848. The number of nitrogen functional groups attached to an aromatic ring is 1. The van der Waals surface area contributed by atoms with E-state index in [4.69, 9.17) is 41.2 Å². The maximum Gasteiger partial charge on any atom is 0.252 e. The topological polar surface area (TPSA) is 112 Å². The Morgan fingerprint density at radius 1 is 1.14 bits per heavy atom. The number of hydrazine groups is 1. The third-order valence-corrected chi connectivity index (χ3v) is 8.62. The highest BCUT2D eigenvalue weighted by molar-refractivity contribution is 7.80. The van der Waals surface area contributed by atoms with Gasteiger partial charge in [-0.25, -0.2) is 15.4 Å². The zero-order valence-electron chi connectivity index (χ0n) is 24.6. The van der Waals surface area contributed by atoms with Gasteiger partial charge in [-0.05, 0) is 84.6 Å². The van der Waals surface area contributed by atoms with E-state index in [1.165, 1.54) is 5.01 Å². The fourth-order valence-corrected chi connectivity index (χ4v) is 5.33. The molecule has 1 unspecified atom stereocenters. The molecule has 0 radical (unpaired) electrons. The summed E-state index contributed by atoms with van der Waals surface area (Å²) in [5.74, 6) is -0.540. The second kappa shape index (κ2) is 15.7. The van der Waals surface area contributed by atoms with Gasteiger partial charge in [-0.1, -0.05) is 67.7 Å². The van der Waals surface area contributed by atoms with E-state index >= 15 is 0 Å². The summed E-state index contributed by atoms with van der Waals surface area (Å²) in [6, 6.07) is 22.0. The van der Waals surface area contributed by atoms with Crippen molar-refractivity contribution in [2.24, 2.45) is 5.92 Å². The number of nitrogens with zero attached hydrogens (tertiary/aromatic N) is 4. The van der Waals surface area contributed by atoms with E-state index < -0.39 is 5.92 Å². The molecule has 1 heterocycles. The van der Waals surface area contributed by atoms with E-state index in [0.717, 1.165) is 24.0 Å². The smallest absolute Gasteiger partial charge is 0.252 e. The van der Waals surface area contributed by atoms with Gasteiger partial charge in [-0.3, -0.25) is 4.79 Å². The van der Waals surface area contributed by atoms with Gasteiger partial charge in [0.2, 0.25) is 0 Å². The molecule has 0 saturated heterocycles. The molecule has 0 aliphatic carbocycles. The number of thiocarbonyl (C=S) groups is 1. The average Bonchev–Trinajstić information content (AvgIpc) is 3.48. The van der Waals surface area contributed by atoms with Crippen LogP contribution in [0.4, 0.5) is 11.4 Å². The molecule has 228 valence electrons. The highest BCUT2D eigenvalue weighted by Gasteiger charge is 2.32. The van der Waals surface area contributed by atoms with Gasteiger partial charge in [-0.2, -0.15) is 5.26 Å². The number of hydrogen-bond donors (Lipinski definition) is 3. The minimum absolute atomic E-state index is 0.198. The summed E-state index contributed by atoms with van der Waals surface area (Å²) in [4.78, 5) is 19.0. The number of carbonyl (C=O) groups is 1. The first kappa shape index (κ1) is 33.0. The minimum Gasteiger partial charge on any atom is -0.399 e. The molecule has 4 rings (SSSR count). The summed E-state index contributed by atoms with van der Waals surface area (Å²) in [6.07, 6.45) is 5.52. The molecule has 1 aromatic heterocycles. The number of nitrogens with one attached hydrogen (secondary N) is 2. The van der Waals surface area contributed by atoms with Crippen molar-refractivity contribution in [3.05, 3.63) is 112 Å². The van der Waals surface area contributed by atoms with Crippen molar-refractivity contribution in [2.75, 3.05) is 17.6 Å². The number of rotatable bonds is 12. The first-order chi connectivity index (χ1) is 21.2. The Morgan fingerprint density at radius 3 is 2.55 bits per heavy atom. The Morgan fingerprint density at radius 2 is 1.86 bits per heavy atom. The number of hydrogen-bond acceptors (Lipinski definition) is 6. The summed E-state index contributed by atoms with van der Waals surface area (Å²) in [7, 11) is 0. The minimum atomic E-state index is -0.728. The van der Waals surface area contributed by atoms with Crippen molar-refractivity contribution >= 4 is 57.8 Å². The number of amides is 1. The molecule has 4 N–H and O–H groups in total. The Bertz CT molecular complexity index is 1620. The summed E-state index contributed by atoms with van der Waals surface area (Å²) in [5.41, 5.74) is 13.4. The van der Waals surface area contributed by atoms with Crippen LogP contribution in [0, 0.1) is 17.2 Å². The van der Waals surface area contributed by atoms with E-state index in [9.17, 15) is 10.1 Å². The van der Waals surface area contributed by atoms with Crippen LogP contribution in [0.15, 0.2) is 79.3 Å². The third-order valence-electron chi connectivity index (χ3n) is 7.48. The standard InChI is InChI=1S/C33H35Cl2N7OS/c1-3-22(2)15-16-39-42(33(44)40-27-13-11-26(37)12-14-27)32(43)28(17-25-5-4-6-29(34)31(25)35)30-19-38-21-41(30)20-24-9-7-23(18-36)8-10-24/h4-14,19,21-22,28,39H,3,15-17,20,37H2,1-2H3,(H,40,44)/t22-,28?/m0/s1. The highest BCUT2D eigenvalue weighted by atomic mass is 35.5. The lowest BCUT2D eigenvalue weighted by atomic mass is 9.95. The lowest BCUT2D eigenvalue weighted by Crippen LogP contribution is -2.51. The predicted octanol–water partition coefficient (Wildman–Crippen LogP) is 7.18. The van der Waals surface area contributed by atoms with Crippen molar-refractivity contribution < 1.29 is 4.79 Å². The average molecular weight is 649 g/mol. The number of benzene rings is 3. The third kappa shape index (κ3) is 8.58.